The summed E-state index contributed by atoms with van der Waals surface area (Å²) in [5.74, 6) is -1.81. The van der Waals surface area contributed by atoms with Crippen LogP contribution in [0.15, 0.2) is 55.4 Å². The van der Waals surface area contributed by atoms with E-state index in [1.165, 1.54) is 47.6 Å². The number of nitrogen functional groups attached to an aromatic ring is 1. The predicted octanol–water partition coefficient (Wildman–Crippen LogP) is 4.14. The number of rotatable bonds is 9. The quantitative estimate of drug-likeness (QED) is 0.410. The van der Waals surface area contributed by atoms with Gasteiger partial charge in [0.05, 0.1) is 17.1 Å². The number of amides is 2. The standard InChI is InChI=1S/C28H29F2N5O3/c1-5-23(36)35(4)16(2)14-38-25-24(32-15-33-26(25)31)20-12-18(29)13-21(17(20)3)28(10-11-28)34-27(37)19-8-6-7-9-22(19)30/h5-9,12-13,15-16H,1,10-11,14H2,2-4H3,(H,34,37)(H2,31,32,33). The molecule has 8 nitrogen and oxygen atoms in total. The highest BCUT2D eigenvalue weighted by molar-refractivity contribution is 5.95. The minimum Gasteiger partial charge on any atom is -0.485 e. The Morgan fingerprint density at radius 1 is 1.26 bits per heavy atom. The van der Waals surface area contributed by atoms with Crippen molar-refractivity contribution >= 4 is 17.6 Å². The number of anilines is 1. The van der Waals surface area contributed by atoms with Crippen LogP contribution in [-0.2, 0) is 10.3 Å². The minimum atomic E-state index is -0.845. The number of nitrogens with one attached hydrogen (secondary N) is 1. The van der Waals surface area contributed by atoms with Crippen molar-refractivity contribution in [2.75, 3.05) is 19.4 Å². The van der Waals surface area contributed by atoms with E-state index in [0.717, 1.165) is 0 Å². The summed E-state index contributed by atoms with van der Waals surface area (Å²) in [5.41, 5.74) is 7.10. The summed E-state index contributed by atoms with van der Waals surface area (Å²) < 4.78 is 35.2. The van der Waals surface area contributed by atoms with Crippen LogP contribution in [0.3, 0.4) is 0 Å². The average Bonchev–Trinajstić information content (AvgIpc) is 3.68. The van der Waals surface area contributed by atoms with Crippen LogP contribution >= 0.6 is 0 Å². The molecule has 0 saturated heterocycles. The van der Waals surface area contributed by atoms with Gasteiger partial charge in [-0.2, -0.15) is 0 Å². The molecule has 38 heavy (non-hydrogen) atoms. The molecule has 1 heterocycles. The highest BCUT2D eigenvalue weighted by Crippen LogP contribution is 2.49. The van der Waals surface area contributed by atoms with Crippen molar-refractivity contribution < 1.29 is 23.1 Å². The lowest BCUT2D eigenvalue weighted by Gasteiger charge is -2.25. The van der Waals surface area contributed by atoms with Crippen LogP contribution in [0, 0.1) is 18.6 Å². The molecular weight excluding hydrogens is 492 g/mol. The van der Waals surface area contributed by atoms with E-state index in [4.69, 9.17) is 10.5 Å². The molecule has 1 saturated carbocycles. The summed E-state index contributed by atoms with van der Waals surface area (Å²) in [6.45, 7) is 7.15. The van der Waals surface area contributed by atoms with Crippen LogP contribution in [-0.4, -0.2) is 46.4 Å². The first-order chi connectivity index (χ1) is 18.1. The number of carbonyl (C=O) groups is 2. The molecule has 0 bridgehead atoms. The first-order valence-corrected chi connectivity index (χ1v) is 12.1. The molecule has 1 aliphatic rings. The van der Waals surface area contributed by atoms with Crippen LogP contribution in [0.25, 0.3) is 11.3 Å². The Balaban J connectivity index is 1.68. The van der Waals surface area contributed by atoms with Gasteiger partial charge >= 0.3 is 0 Å². The van der Waals surface area contributed by atoms with E-state index in [2.05, 4.69) is 21.9 Å². The smallest absolute Gasteiger partial charge is 0.254 e. The maximum absolute atomic E-state index is 15.0. The molecule has 198 valence electrons. The van der Waals surface area contributed by atoms with E-state index >= 15 is 4.39 Å². The van der Waals surface area contributed by atoms with Gasteiger partial charge < -0.3 is 20.7 Å². The van der Waals surface area contributed by atoms with Gasteiger partial charge in [0.25, 0.3) is 5.91 Å². The molecule has 2 aromatic carbocycles. The molecule has 0 spiro atoms. The Kier molecular flexibility index (Phi) is 7.43. The molecule has 1 aromatic heterocycles. The number of hydrogen-bond acceptors (Lipinski definition) is 6. The first kappa shape index (κ1) is 26.7. The van der Waals surface area contributed by atoms with Crippen LogP contribution in [0.1, 0.15) is 41.3 Å². The SMILES string of the molecule is C=CC(=O)N(C)C(C)COc1c(N)ncnc1-c1cc(F)cc(C2(NC(=O)c3ccccc3F)CC2)c1C. The monoisotopic (exact) mass is 521 g/mol. The molecule has 3 N–H and O–H groups in total. The van der Waals surface area contributed by atoms with Crippen molar-refractivity contribution in [3.8, 4) is 17.0 Å². The molecule has 1 fully saturated rings. The fourth-order valence-electron chi connectivity index (χ4n) is 4.34. The minimum absolute atomic E-state index is 0.0547. The molecular formula is C28H29F2N5O3. The van der Waals surface area contributed by atoms with Crippen molar-refractivity contribution in [1.82, 2.24) is 20.2 Å². The number of carbonyl (C=O) groups excluding carboxylic acids is 2. The molecule has 0 radical (unpaired) electrons. The normalized spacial score (nSPS) is 14.3. The Bertz CT molecular complexity index is 1410. The Morgan fingerprint density at radius 3 is 2.63 bits per heavy atom. The van der Waals surface area contributed by atoms with E-state index in [1.807, 2.05) is 0 Å². The summed E-state index contributed by atoms with van der Waals surface area (Å²) in [4.78, 5) is 34.6. The summed E-state index contributed by atoms with van der Waals surface area (Å²) in [5, 5.41) is 2.90. The zero-order chi connectivity index (χ0) is 27.6. The molecule has 4 rings (SSSR count). The van der Waals surface area contributed by atoms with Crippen molar-refractivity contribution in [2.24, 2.45) is 0 Å². The number of hydrogen-bond donors (Lipinski definition) is 2. The lowest BCUT2D eigenvalue weighted by molar-refractivity contribution is -0.127. The van der Waals surface area contributed by atoms with Gasteiger partial charge in [-0.25, -0.2) is 18.7 Å². The zero-order valence-electron chi connectivity index (χ0n) is 21.4. The number of halogens is 2. The third-order valence-electron chi connectivity index (χ3n) is 6.85. The maximum Gasteiger partial charge on any atom is 0.254 e. The highest BCUT2D eigenvalue weighted by atomic mass is 19.1. The molecule has 2 amide bonds. The van der Waals surface area contributed by atoms with Crippen molar-refractivity contribution in [2.45, 2.75) is 38.3 Å². The van der Waals surface area contributed by atoms with E-state index in [1.54, 1.807) is 27.0 Å². The predicted molar refractivity (Wildman–Crippen MR) is 139 cm³/mol. The summed E-state index contributed by atoms with van der Waals surface area (Å²) >= 11 is 0. The molecule has 3 aromatic rings. The Hall–Kier alpha value is -4.34. The fraction of sp³-hybridized carbons (Fsp3) is 0.286. The van der Waals surface area contributed by atoms with Crippen LogP contribution in [0.4, 0.5) is 14.6 Å². The molecule has 0 aliphatic heterocycles. The third-order valence-corrected chi connectivity index (χ3v) is 6.85. The number of likely N-dealkylation sites (N-methyl/N-ethyl adjacent to an activating group) is 1. The summed E-state index contributed by atoms with van der Waals surface area (Å²) in [6, 6.07) is 8.06. The zero-order valence-corrected chi connectivity index (χ0v) is 21.4. The maximum atomic E-state index is 15.0. The van der Waals surface area contributed by atoms with E-state index in [0.29, 0.717) is 29.5 Å². The van der Waals surface area contributed by atoms with Gasteiger partial charge in [0.15, 0.2) is 11.6 Å². The first-order valence-electron chi connectivity index (χ1n) is 12.1. The van der Waals surface area contributed by atoms with Gasteiger partial charge in [0.1, 0.15) is 30.3 Å². The Labute approximate surface area is 219 Å². The number of aromatic nitrogens is 2. The lowest BCUT2D eigenvalue weighted by Crippen LogP contribution is -2.37. The van der Waals surface area contributed by atoms with Crippen molar-refractivity contribution in [3.63, 3.8) is 0 Å². The molecule has 10 heteroatoms. The Morgan fingerprint density at radius 2 is 1.97 bits per heavy atom. The van der Waals surface area contributed by atoms with Gasteiger partial charge in [0, 0.05) is 12.6 Å². The van der Waals surface area contributed by atoms with Gasteiger partial charge in [-0.3, -0.25) is 9.59 Å². The van der Waals surface area contributed by atoms with Gasteiger partial charge in [-0.1, -0.05) is 18.7 Å². The van der Waals surface area contributed by atoms with Crippen molar-refractivity contribution in [3.05, 3.63) is 83.7 Å². The summed E-state index contributed by atoms with van der Waals surface area (Å²) in [7, 11) is 1.62. The van der Waals surface area contributed by atoms with Gasteiger partial charge in [0.2, 0.25) is 5.91 Å². The second-order valence-electron chi connectivity index (χ2n) is 9.39. The van der Waals surface area contributed by atoms with E-state index in [9.17, 15) is 14.0 Å². The number of benzene rings is 2. The third kappa shape index (κ3) is 5.20. The number of ether oxygens (including phenoxy) is 1. The summed E-state index contributed by atoms with van der Waals surface area (Å²) in [6.07, 6.45) is 3.59. The average molecular weight is 522 g/mol. The number of nitrogens with zero attached hydrogens (tertiary/aromatic N) is 3. The van der Waals surface area contributed by atoms with E-state index in [-0.39, 0.29) is 41.4 Å². The lowest BCUT2D eigenvalue weighted by atomic mass is 9.92. The van der Waals surface area contributed by atoms with Crippen LogP contribution < -0.4 is 15.8 Å². The van der Waals surface area contributed by atoms with Crippen molar-refractivity contribution in [1.29, 1.82) is 0 Å². The van der Waals surface area contributed by atoms with Gasteiger partial charge in [-0.15, -0.1) is 0 Å². The van der Waals surface area contributed by atoms with E-state index < -0.39 is 23.1 Å². The molecule has 1 unspecified atom stereocenters. The topological polar surface area (TPSA) is 110 Å². The fourth-order valence-corrected chi connectivity index (χ4v) is 4.34. The largest absolute Gasteiger partial charge is 0.485 e. The van der Waals surface area contributed by atoms with Crippen LogP contribution in [0.5, 0.6) is 5.75 Å². The van der Waals surface area contributed by atoms with Gasteiger partial charge in [-0.05, 0) is 68.2 Å². The highest BCUT2D eigenvalue weighted by Gasteiger charge is 2.47. The van der Waals surface area contributed by atoms with Crippen LogP contribution in [0.2, 0.25) is 0 Å². The second kappa shape index (κ2) is 10.6. The molecule has 1 aliphatic carbocycles. The number of nitrogens with two attached hydrogens (primary N) is 1. The molecule has 1 atom stereocenters. The second-order valence-corrected chi connectivity index (χ2v) is 9.39.